The third kappa shape index (κ3) is 5.24. The summed E-state index contributed by atoms with van der Waals surface area (Å²) >= 11 is 0. The van der Waals surface area contributed by atoms with E-state index < -0.39 is 0 Å². The zero-order chi connectivity index (χ0) is 24.9. The SMILES string of the molecule is CCn1cc[n+](C)c1C([O-])=Nc1ccc(Oc2ccc(N=C([O-])c3n(CC)cc[n+]3C)cc2)cc1. The predicted octanol–water partition coefficient (Wildman–Crippen LogP) is 1.65. The topological polar surface area (TPSA) is 97.7 Å². The van der Waals surface area contributed by atoms with Crippen LogP contribution in [0.2, 0.25) is 0 Å². The molecule has 2 heterocycles. The van der Waals surface area contributed by atoms with Gasteiger partial charge in [-0.1, -0.05) is 0 Å². The molecule has 9 heteroatoms. The van der Waals surface area contributed by atoms with E-state index in [1.165, 1.54) is 0 Å². The normalized spacial score (nSPS) is 12.2. The number of imidazole rings is 2. The Bertz CT molecular complexity index is 1260. The van der Waals surface area contributed by atoms with Gasteiger partial charge in [-0.25, -0.2) is 18.3 Å². The molecule has 0 saturated heterocycles. The van der Waals surface area contributed by atoms with Gasteiger partial charge < -0.3 is 14.9 Å². The highest BCUT2D eigenvalue weighted by molar-refractivity contribution is 5.88. The van der Waals surface area contributed by atoms with Crippen molar-refractivity contribution in [1.82, 2.24) is 9.13 Å². The summed E-state index contributed by atoms with van der Waals surface area (Å²) in [5.74, 6) is 1.64. The highest BCUT2D eigenvalue weighted by atomic mass is 16.5. The average Bonchev–Trinajstić information content (AvgIpc) is 3.43. The van der Waals surface area contributed by atoms with Crippen LogP contribution in [0.15, 0.2) is 83.3 Å². The van der Waals surface area contributed by atoms with Crippen molar-refractivity contribution in [2.75, 3.05) is 0 Å². The maximum Gasteiger partial charge on any atom is 0.292 e. The van der Waals surface area contributed by atoms with Crippen LogP contribution in [0, 0.1) is 0 Å². The Balaban J connectivity index is 1.45. The number of benzene rings is 2. The largest absolute Gasteiger partial charge is 0.853 e. The van der Waals surface area contributed by atoms with Crippen LogP contribution in [-0.4, -0.2) is 20.9 Å². The molecule has 2 aromatic heterocycles. The summed E-state index contributed by atoms with van der Waals surface area (Å²) in [5, 5.41) is 25.2. The van der Waals surface area contributed by atoms with Gasteiger partial charge >= 0.3 is 0 Å². The van der Waals surface area contributed by atoms with Crippen LogP contribution in [0.1, 0.15) is 25.5 Å². The highest BCUT2D eigenvalue weighted by Crippen LogP contribution is 2.26. The summed E-state index contributed by atoms with van der Waals surface area (Å²) in [6.45, 7) is 5.34. The third-order valence-electron chi connectivity index (χ3n) is 5.59. The van der Waals surface area contributed by atoms with E-state index in [-0.39, 0.29) is 11.8 Å². The van der Waals surface area contributed by atoms with Crippen LogP contribution in [0.25, 0.3) is 0 Å². The van der Waals surface area contributed by atoms with Crippen molar-refractivity contribution in [2.45, 2.75) is 26.9 Å². The summed E-state index contributed by atoms with van der Waals surface area (Å²) in [4.78, 5) is 8.43. The average molecular weight is 473 g/mol. The highest BCUT2D eigenvalue weighted by Gasteiger charge is 2.14. The van der Waals surface area contributed by atoms with E-state index in [1.807, 2.05) is 61.9 Å². The first kappa shape index (κ1) is 23.7. The molecule has 0 radical (unpaired) electrons. The molecule has 0 spiro atoms. The summed E-state index contributed by atoms with van der Waals surface area (Å²) in [5.41, 5.74) is 1.09. The fourth-order valence-corrected chi connectivity index (χ4v) is 3.75. The van der Waals surface area contributed by atoms with Crippen molar-refractivity contribution in [1.29, 1.82) is 0 Å². The van der Waals surface area contributed by atoms with Crippen molar-refractivity contribution in [3.05, 3.63) is 85.0 Å². The van der Waals surface area contributed by atoms with E-state index in [0.29, 0.717) is 47.6 Å². The molecule has 0 atom stereocenters. The van der Waals surface area contributed by atoms with Crippen LogP contribution in [0.5, 0.6) is 11.5 Å². The molecule has 0 N–H and O–H groups in total. The van der Waals surface area contributed by atoms with E-state index >= 15 is 0 Å². The smallest absolute Gasteiger partial charge is 0.292 e. The Hall–Kier alpha value is -4.40. The van der Waals surface area contributed by atoms with Gasteiger partial charge in [0, 0.05) is 0 Å². The molecule has 2 aromatic carbocycles. The second-order valence-corrected chi connectivity index (χ2v) is 7.96. The molecule has 4 aromatic rings. The molecule has 0 bridgehead atoms. The maximum absolute atomic E-state index is 12.6. The number of hydrogen-bond acceptors (Lipinski definition) is 5. The molecule has 0 aliphatic carbocycles. The lowest BCUT2D eigenvalue weighted by molar-refractivity contribution is -0.674. The molecule has 180 valence electrons. The van der Waals surface area contributed by atoms with Crippen molar-refractivity contribution in [2.24, 2.45) is 24.1 Å². The van der Waals surface area contributed by atoms with Gasteiger partial charge in [-0.3, -0.25) is 9.98 Å². The second kappa shape index (κ2) is 10.3. The summed E-state index contributed by atoms with van der Waals surface area (Å²) in [6.07, 6.45) is 7.38. The lowest BCUT2D eigenvalue weighted by Crippen LogP contribution is -2.40. The van der Waals surface area contributed by atoms with Gasteiger partial charge in [-0.15, -0.1) is 0 Å². The Morgan fingerprint density at radius 2 is 1.09 bits per heavy atom. The molecule has 35 heavy (non-hydrogen) atoms. The Labute approximate surface area is 204 Å². The van der Waals surface area contributed by atoms with Crippen molar-refractivity contribution in [3.63, 3.8) is 0 Å². The third-order valence-corrected chi connectivity index (χ3v) is 5.59. The number of aliphatic imine (C=N–C) groups is 2. The molecular weight excluding hydrogens is 444 g/mol. The fraction of sp³-hybridized carbons (Fsp3) is 0.231. The molecule has 0 fully saturated rings. The zero-order valence-electron chi connectivity index (χ0n) is 20.3. The van der Waals surface area contributed by atoms with Crippen LogP contribution < -0.4 is 24.1 Å². The zero-order valence-corrected chi connectivity index (χ0v) is 20.3. The first-order valence-electron chi connectivity index (χ1n) is 11.4. The molecule has 0 amide bonds. The molecule has 4 rings (SSSR count). The first-order valence-corrected chi connectivity index (χ1v) is 11.4. The molecule has 0 aliphatic rings. The van der Waals surface area contributed by atoms with Crippen LogP contribution in [0.4, 0.5) is 11.4 Å². The second-order valence-electron chi connectivity index (χ2n) is 7.96. The monoisotopic (exact) mass is 472 g/mol. The minimum Gasteiger partial charge on any atom is -0.853 e. The van der Waals surface area contributed by atoms with Crippen LogP contribution >= 0.6 is 0 Å². The summed E-state index contributed by atoms with van der Waals surface area (Å²) in [7, 11) is 3.65. The van der Waals surface area contributed by atoms with Gasteiger partial charge in [0.25, 0.3) is 11.6 Å². The van der Waals surface area contributed by atoms with Crippen molar-refractivity contribution >= 4 is 23.2 Å². The van der Waals surface area contributed by atoms with E-state index in [2.05, 4.69) is 9.98 Å². The van der Waals surface area contributed by atoms with E-state index in [0.717, 1.165) is 0 Å². The van der Waals surface area contributed by atoms with Gasteiger partial charge in [-0.05, 0) is 62.4 Å². The van der Waals surface area contributed by atoms with Gasteiger partial charge in [0.1, 0.15) is 36.3 Å². The van der Waals surface area contributed by atoms with Crippen LogP contribution in [-0.2, 0) is 27.2 Å². The van der Waals surface area contributed by atoms with Gasteiger partial charge in [0.15, 0.2) is 0 Å². The van der Waals surface area contributed by atoms with E-state index in [1.54, 1.807) is 57.7 Å². The van der Waals surface area contributed by atoms with Crippen LogP contribution in [0.3, 0.4) is 0 Å². The number of rotatable bonds is 8. The van der Waals surface area contributed by atoms with E-state index in [4.69, 9.17) is 4.74 Å². The van der Waals surface area contributed by atoms with Crippen molar-refractivity contribution < 1.29 is 24.1 Å². The van der Waals surface area contributed by atoms with Crippen molar-refractivity contribution in [3.8, 4) is 11.5 Å². The lowest BCUT2D eigenvalue weighted by atomic mass is 10.3. The number of ether oxygens (including phenoxy) is 1. The lowest BCUT2D eigenvalue weighted by Gasteiger charge is -2.10. The Morgan fingerprint density at radius 1 is 0.714 bits per heavy atom. The number of aryl methyl sites for hydroxylation is 4. The molecule has 0 unspecified atom stereocenters. The molecule has 9 nitrogen and oxygen atoms in total. The number of hydrogen-bond donors (Lipinski definition) is 0. The minimum absolute atomic E-state index is 0.304. The predicted molar refractivity (Wildman–Crippen MR) is 128 cm³/mol. The number of aromatic nitrogens is 4. The fourth-order valence-electron chi connectivity index (χ4n) is 3.75. The van der Waals surface area contributed by atoms with Gasteiger partial charge in [-0.2, -0.15) is 0 Å². The first-order chi connectivity index (χ1) is 16.9. The van der Waals surface area contributed by atoms with E-state index in [9.17, 15) is 10.2 Å². The minimum atomic E-state index is -0.304. The van der Waals surface area contributed by atoms with Gasteiger partial charge in [0.2, 0.25) is 0 Å². The maximum atomic E-state index is 12.6. The van der Waals surface area contributed by atoms with Gasteiger partial charge in [0.05, 0.1) is 50.4 Å². The number of nitrogens with zero attached hydrogens (tertiary/aromatic N) is 6. The molecule has 0 aliphatic heterocycles. The summed E-state index contributed by atoms with van der Waals surface area (Å²) in [6, 6.07) is 14.0. The molecular formula is C26H28N6O3. The quantitative estimate of drug-likeness (QED) is 0.222. The summed E-state index contributed by atoms with van der Waals surface area (Å²) < 4.78 is 13.1. The standard InChI is InChI=1S/C26H28N6O3/c1-5-31-17-15-29(3)25(31)23(33)27-19-7-11-21(12-8-19)35-22-13-9-20(10-14-22)28-24(34)26-30(4)16-18-32(26)6-2/h7-18H,5-6H2,1-4H3. The Morgan fingerprint density at radius 3 is 1.43 bits per heavy atom. The Kier molecular flexibility index (Phi) is 6.96. The molecule has 0 saturated carbocycles.